The summed E-state index contributed by atoms with van der Waals surface area (Å²) in [6.07, 6.45) is 6.40. The molecule has 1 aliphatic carbocycles. The Morgan fingerprint density at radius 3 is 1.43 bits per heavy atom. The fourth-order valence-corrected chi connectivity index (χ4v) is 5.66. The summed E-state index contributed by atoms with van der Waals surface area (Å²) in [5.41, 5.74) is 10.4. The summed E-state index contributed by atoms with van der Waals surface area (Å²) < 4.78 is 0. The second-order valence-corrected chi connectivity index (χ2v) is 10.1. The standard InChI is InChI=1S/C33H35BN/c1-25-7-11-27(12-8-25)33(23-5-4-6-24-33)28-13-19-31(20-14-28)35(30-17-9-26(2)10-18-30)32-21-15-29(34-3)16-22-32/h7-22H,4-6,23-24H2,1-3H3. The van der Waals surface area contributed by atoms with Gasteiger partial charge >= 0.3 is 0 Å². The van der Waals surface area contributed by atoms with Crippen LogP contribution in [0.4, 0.5) is 17.1 Å². The Kier molecular flexibility index (Phi) is 6.82. The van der Waals surface area contributed by atoms with E-state index in [1.54, 1.807) is 0 Å². The molecule has 0 saturated heterocycles. The fraction of sp³-hybridized carbons (Fsp3) is 0.273. The predicted molar refractivity (Wildman–Crippen MR) is 152 cm³/mol. The molecule has 0 heterocycles. The molecule has 0 atom stereocenters. The summed E-state index contributed by atoms with van der Waals surface area (Å²) in [7, 11) is 2.14. The third kappa shape index (κ3) is 4.80. The minimum Gasteiger partial charge on any atom is -0.311 e. The Balaban J connectivity index is 1.55. The molecule has 1 radical (unpaired) electrons. The Hall–Kier alpha value is -3.26. The zero-order valence-electron chi connectivity index (χ0n) is 21.3. The number of nitrogens with zero attached hydrogens (tertiary/aromatic N) is 1. The van der Waals surface area contributed by atoms with Gasteiger partial charge in [-0.05, 0) is 74.2 Å². The fourth-order valence-electron chi connectivity index (χ4n) is 5.66. The van der Waals surface area contributed by atoms with Crippen molar-refractivity contribution in [2.24, 2.45) is 0 Å². The van der Waals surface area contributed by atoms with Gasteiger partial charge in [-0.15, -0.1) is 0 Å². The minimum atomic E-state index is 0.123. The van der Waals surface area contributed by atoms with Crippen LogP contribution in [0.25, 0.3) is 0 Å². The first-order chi connectivity index (χ1) is 17.1. The van der Waals surface area contributed by atoms with Gasteiger partial charge in [0.25, 0.3) is 0 Å². The van der Waals surface area contributed by atoms with Crippen molar-refractivity contribution in [3.05, 3.63) is 119 Å². The van der Waals surface area contributed by atoms with Gasteiger partial charge in [-0.2, -0.15) is 0 Å². The Bertz CT molecular complexity index is 1230. The smallest absolute Gasteiger partial charge is 0.148 e. The van der Waals surface area contributed by atoms with E-state index in [1.807, 2.05) is 0 Å². The normalized spacial score (nSPS) is 14.9. The van der Waals surface area contributed by atoms with Gasteiger partial charge in [0.2, 0.25) is 0 Å². The highest BCUT2D eigenvalue weighted by atomic mass is 15.1. The van der Waals surface area contributed by atoms with Gasteiger partial charge in [0, 0.05) is 22.5 Å². The summed E-state index contributed by atoms with van der Waals surface area (Å²) in [6, 6.07) is 36.3. The molecule has 1 saturated carbocycles. The number of benzene rings is 4. The van der Waals surface area contributed by atoms with Gasteiger partial charge in [-0.1, -0.05) is 103 Å². The molecule has 175 valence electrons. The maximum absolute atomic E-state index is 2.38. The molecule has 0 N–H and O–H groups in total. The molecule has 0 amide bonds. The lowest BCUT2D eigenvalue weighted by Gasteiger charge is -2.39. The second kappa shape index (κ2) is 10.2. The van der Waals surface area contributed by atoms with Crippen molar-refractivity contribution in [2.75, 3.05) is 4.90 Å². The number of hydrogen-bond acceptors (Lipinski definition) is 1. The van der Waals surface area contributed by atoms with E-state index >= 15 is 0 Å². The van der Waals surface area contributed by atoms with Crippen LogP contribution in [-0.4, -0.2) is 7.28 Å². The van der Waals surface area contributed by atoms with Crippen LogP contribution in [0.3, 0.4) is 0 Å². The topological polar surface area (TPSA) is 3.24 Å². The van der Waals surface area contributed by atoms with E-state index in [0.717, 1.165) is 0 Å². The summed E-state index contributed by atoms with van der Waals surface area (Å²) in [6.45, 7) is 6.40. The quantitative estimate of drug-likeness (QED) is 0.263. The number of anilines is 3. The van der Waals surface area contributed by atoms with Crippen LogP contribution in [0.2, 0.25) is 6.82 Å². The summed E-state index contributed by atoms with van der Waals surface area (Å²) in [4.78, 5) is 2.36. The molecule has 0 unspecified atom stereocenters. The minimum absolute atomic E-state index is 0.123. The van der Waals surface area contributed by atoms with E-state index in [0.29, 0.717) is 0 Å². The van der Waals surface area contributed by atoms with Crippen molar-refractivity contribution in [2.45, 2.75) is 58.2 Å². The molecular formula is C33H35BN. The molecule has 0 spiro atoms. The molecular weight excluding hydrogens is 421 g/mol. The highest BCUT2D eigenvalue weighted by Gasteiger charge is 2.35. The lowest BCUT2D eigenvalue weighted by molar-refractivity contribution is 0.346. The van der Waals surface area contributed by atoms with Crippen molar-refractivity contribution in [3.63, 3.8) is 0 Å². The molecule has 0 aromatic heterocycles. The van der Waals surface area contributed by atoms with E-state index in [1.165, 1.54) is 76.9 Å². The first-order valence-corrected chi connectivity index (χ1v) is 13.0. The summed E-state index contributed by atoms with van der Waals surface area (Å²) in [5.74, 6) is 0. The summed E-state index contributed by atoms with van der Waals surface area (Å²) >= 11 is 0. The van der Waals surface area contributed by atoms with Crippen LogP contribution in [0.5, 0.6) is 0 Å². The number of rotatable bonds is 6. The van der Waals surface area contributed by atoms with E-state index < -0.39 is 0 Å². The third-order valence-electron chi connectivity index (χ3n) is 7.77. The highest BCUT2D eigenvalue weighted by molar-refractivity contribution is 6.51. The molecule has 1 nitrogen and oxygen atoms in total. The van der Waals surface area contributed by atoms with Crippen LogP contribution >= 0.6 is 0 Å². The van der Waals surface area contributed by atoms with E-state index in [2.05, 4.69) is 130 Å². The monoisotopic (exact) mass is 456 g/mol. The molecule has 2 heteroatoms. The largest absolute Gasteiger partial charge is 0.311 e. The SMILES string of the molecule is C[B]c1ccc(N(c2ccc(C)cc2)c2ccc(C3(c4ccc(C)cc4)CCCCC3)cc2)cc1. The van der Waals surface area contributed by atoms with E-state index in [-0.39, 0.29) is 5.41 Å². The van der Waals surface area contributed by atoms with Crippen molar-refractivity contribution in [1.82, 2.24) is 0 Å². The molecule has 0 aliphatic heterocycles. The molecule has 4 aromatic rings. The van der Waals surface area contributed by atoms with Gasteiger partial charge in [-0.25, -0.2) is 0 Å². The second-order valence-electron chi connectivity index (χ2n) is 10.1. The third-order valence-corrected chi connectivity index (χ3v) is 7.77. The van der Waals surface area contributed by atoms with Crippen LogP contribution in [-0.2, 0) is 5.41 Å². The maximum Gasteiger partial charge on any atom is 0.148 e. The Morgan fingerprint density at radius 1 is 0.543 bits per heavy atom. The Labute approximate surface area is 212 Å². The lowest BCUT2D eigenvalue weighted by atomic mass is 9.65. The molecule has 1 aliphatic rings. The average molecular weight is 456 g/mol. The molecule has 1 fully saturated rings. The highest BCUT2D eigenvalue weighted by Crippen LogP contribution is 2.46. The maximum atomic E-state index is 2.38. The van der Waals surface area contributed by atoms with Crippen molar-refractivity contribution in [1.29, 1.82) is 0 Å². The van der Waals surface area contributed by atoms with Gasteiger partial charge in [0.15, 0.2) is 0 Å². The van der Waals surface area contributed by atoms with Gasteiger partial charge in [-0.3, -0.25) is 0 Å². The van der Waals surface area contributed by atoms with Gasteiger partial charge in [0.1, 0.15) is 7.28 Å². The first kappa shape index (κ1) is 23.5. The Morgan fingerprint density at radius 2 is 0.943 bits per heavy atom. The van der Waals surface area contributed by atoms with Crippen molar-refractivity contribution < 1.29 is 0 Å². The van der Waals surface area contributed by atoms with Crippen molar-refractivity contribution >= 4 is 29.8 Å². The lowest BCUT2D eigenvalue weighted by Crippen LogP contribution is -2.30. The zero-order chi connectivity index (χ0) is 24.3. The van der Waals surface area contributed by atoms with Crippen LogP contribution in [0.1, 0.15) is 54.4 Å². The zero-order valence-corrected chi connectivity index (χ0v) is 21.3. The average Bonchev–Trinajstić information content (AvgIpc) is 2.91. The van der Waals surface area contributed by atoms with Crippen LogP contribution in [0.15, 0.2) is 97.1 Å². The van der Waals surface area contributed by atoms with E-state index in [4.69, 9.17) is 0 Å². The summed E-state index contributed by atoms with van der Waals surface area (Å²) in [5, 5.41) is 0. The van der Waals surface area contributed by atoms with Crippen LogP contribution in [0, 0.1) is 13.8 Å². The number of aryl methyl sites for hydroxylation is 2. The molecule has 0 bridgehead atoms. The van der Waals surface area contributed by atoms with Crippen LogP contribution < -0.4 is 10.4 Å². The first-order valence-electron chi connectivity index (χ1n) is 13.0. The van der Waals surface area contributed by atoms with Gasteiger partial charge < -0.3 is 4.90 Å². The van der Waals surface area contributed by atoms with E-state index in [9.17, 15) is 0 Å². The molecule has 4 aromatic carbocycles. The molecule has 5 rings (SSSR count). The number of hydrogen-bond donors (Lipinski definition) is 0. The predicted octanol–water partition coefficient (Wildman–Crippen LogP) is 8.40. The van der Waals surface area contributed by atoms with Gasteiger partial charge in [0.05, 0.1) is 0 Å². The van der Waals surface area contributed by atoms with Crippen molar-refractivity contribution in [3.8, 4) is 0 Å². The molecule has 35 heavy (non-hydrogen) atoms.